The monoisotopic (exact) mass is 232 g/mol. The molecule has 0 aromatic heterocycles. The topological polar surface area (TPSA) is 45.0 Å². The number of benzene rings is 1. The number of hydrogen-bond acceptors (Lipinski definition) is 3. The molecular formula is C14H20N2O. The van der Waals surface area contributed by atoms with Crippen molar-refractivity contribution in [3.63, 3.8) is 0 Å². The van der Waals surface area contributed by atoms with E-state index < -0.39 is 0 Å². The van der Waals surface area contributed by atoms with Gasteiger partial charge in [-0.15, -0.1) is 0 Å². The number of rotatable bonds is 6. The van der Waals surface area contributed by atoms with E-state index in [1.54, 1.807) is 19.2 Å². The third-order valence-corrected chi connectivity index (χ3v) is 2.62. The van der Waals surface area contributed by atoms with Gasteiger partial charge in [0.2, 0.25) is 0 Å². The lowest BCUT2D eigenvalue weighted by molar-refractivity contribution is 0.415. The highest BCUT2D eigenvalue weighted by molar-refractivity contribution is 5.60. The molecule has 0 heterocycles. The van der Waals surface area contributed by atoms with Crippen LogP contribution < -0.4 is 10.1 Å². The number of hydrogen-bond donors (Lipinski definition) is 1. The number of nitrogens with one attached hydrogen (secondary N) is 1. The van der Waals surface area contributed by atoms with Crippen molar-refractivity contribution < 1.29 is 4.74 Å². The molecule has 1 rings (SSSR count). The number of anilines is 1. The molecule has 3 nitrogen and oxygen atoms in total. The fourth-order valence-electron chi connectivity index (χ4n) is 1.63. The Morgan fingerprint density at radius 3 is 2.76 bits per heavy atom. The van der Waals surface area contributed by atoms with Crippen LogP contribution in [0.15, 0.2) is 18.2 Å². The van der Waals surface area contributed by atoms with E-state index in [-0.39, 0.29) is 0 Å². The second-order valence-electron chi connectivity index (χ2n) is 4.49. The number of nitriles is 1. The van der Waals surface area contributed by atoms with Gasteiger partial charge in [-0.2, -0.15) is 5.26 Å². The molecule has 1 N–H and O–H groups in total. The van der Waals surface area contributed by atoms with E-state index in [1.165, 1.54) is 6.42 Å². The van der Waals surface area contributed by atoms with Crippen LogP contribution in [-0.2, 0) is 0 Å². The van der Waals surface area contributed by atoms with Crippen LogP contribution in [0, 0.1) is 17.2 Å². The van der Waals surface area contributed by atoms with Gasteiger partial charge >= 0.3 is 0 Å². The Bertz CT molecular complexity index is 394. The van der Waals surface area contributed by atoms with Crippen molar-refractivity contribution in [2.75, 3.05) is 19.0 Å². The maximum absolute atomic E-state index is 9.00. The second-order valence-corrected chi connectivity index (χ2v) is 4.49. The SMILES string of the molecule is COc1ccc(C#N)c(NCCCC(C)C)c1. The van der Waals surface area contributed by atoms with Crippen LogP contribution in [0.1, 0.15) is 32.3 Å². The first-order chi connectivity index (χ1) is 8.17. The lowest BCUT2D eigenvalue weighted by Gasteiger charge is -2.10. The van der Waals surface area contributed by atoms with Crippen molar-refractivity contribution in [3.05, 3.63) is 23.8 Å². The molecule has 0 saturated carbocycles. The van der Waals surface area contributed by atoms with Gasteiger partial charge in [0.15, 0.2) is 0 Å². The zero-order valence-electron chi connectivity index (χ0n) is 10.8. The van der Waals surface area contributed by atoms with Crippen molar-refractivity contribution >= 4 is 5.69 Å². The molecule has 0 bridgehead atoms. The van der Waals surface area contributed by atoms with Gasteiger partial charge in [-0.3, -0.25) is 0 Å². The predicted octanol–water partition coefficient (Wildman–Crippen LogP) is 3.41. The van der Waals surface area contributed by atoms with Crippen LogP contribution in [-0.4, -0.2) is 13.7 Å². The first-order valence-corrected chi connectivity index (χ1v) is 5.99. The van der Waals surface area contributed by atoms with E-state index in [4.69, 9.17) is 10.00 Å². The summed E-state index contributed by atoms with van der Waals surface area (Å²) in [7, 11) is 1.63. The van der Waals surface area contributed by atoms with Crippen LogP contribution in [0.4, 0.5) is 5.69 Å². The van der Waals surface area contributed by atoms with Crippen molar-refractivity contribution in [2.24, 2.45) is 5.92 Å². The van der Waals surface area contributed by atoms with Crippen molar-refractivity contribution in [1.29, 1.82) is 5.26 Å². The Balaban J connectivity index is 2.59. The molecule has 0 radical (unpaired) electrons. The van der Waals surface area contributed by atoms with Gasteiger partial charge < -0.3 is 10.1 Å². The molecule has 17 heavy (non-hydrogen) atoms. The first-order valence-electron chi connectivity index (χ1n) is 5.99. The van der Waals surface area contributed by atoms with Crippen LogP contribution in [0.25, 0.3) is 0 Å². The van der Waals surface area contributed by atoms with Crippen LogP contribution in [0.2, 0.25) is 0 Å². The Labute approximate surface area is 103 Å². The fraction of sp³-hybridized carbons (Fsp3) is 0.500. The van der Waals surface area contributed by atoms with Gasteiger partial charge in [0.05, 0.1) is 18.4 Å². The van der Waals surface area contributed by atoms with Crippen molar-refractivity contribution in [3.8, 4) is 11.8 Å². The molecule has 1 aromatic carbocycles. The highest BCUT2D eigenvalue weighted by Crippen LogP contribution is 2.21. The molecule has 0 atom stereocenters. The van der Waals surface area contributed by atoms with E-state index >= 15 is 0 Å². The van der Waals surface area contributed by atoms with Gasteiger partial charge in [-0.05, 0) is 30.9 Å². The van der Waals surface area contributed by atoms with Crippen LogP contribution >= 0.6 is 0 Å². The summed E-state index contributed by atoms with van der Waals surface area (Å²) in [6.45, 7) is 5.32. The van der Waals surface area contributed by atoms with E-state index in [2.05, 4.69) is 25.2 Å². The Morgan fingerprint density at radius 2 is 2.18 bits per heavy atom. The third-order valence-electron chi connectivity index (χ3n) is 2.62. The normalized spacial score (nSPS) is 10.1. The van der Waals surface area contributed by atoms with Gasteiger partial charge in [0.25, 0.3) is 0 Å². The van der Waals surface area contributed by atoms with Gasteiger partial charge in [0, 0.05) is 12.6 Å². The van der Waals surface area contributed by atoms with Crippen molar-refractivity contribution in [1.82, 2.24) is 0 Å². The van der Waals surface area contributed by atoms with Gasteiger partial charge in [-0.1, -0.05) is 13.8 Å². The van der Waals surface area contributed by atoms with Crippen molar-refractivity contribution in [2.45, 2.75) is 26.7 Å². The molecule has 0 saturated heterocycles. The molecule has 92 valence electrons. The largest absolute Gasteiger partial charge is 0.497 e. The number of nitrogens with zero attached hydrogens (tertiary/aromatic N) is 1. The van der Waals surface area contributed by atoms with E-state index in [0.717, 1.165) is 30.3 Å². The molecule has 0 aliphatic heterocycles. The molecule has 0 amide bonds. The minimum Gasteiger partial charge on any atom is -0.497 e. The summed E-state index contributed by atoms with van der Waals surface area (Å²) in [5, 5.41) is 12.3. The third kappa shape index (κ3) is 4.36. The van der Waals surface area contributed by atoms with E-state index in [0.29, 0.717) is 5.56 Å². The van der Waals surface area contributed by atoms with Gasteiger partial charge in [-0.25, -0.2) is 0 Å². The second kappa shape index (κ2) is 6.80. The lowest BCUT2D eigenvalue weighted by Crippen LogP contribution is -2.04. The molecule has 1 aromatic rings. The molecule has 3 heteroatoms. The fourth-order valence-corrected chi connectivity index (χ4v) is 1.63. The average Bonchev–Trinajstić information content (AvgIpc) is 2.34. The van der Waals surface area contributed by atoms with Gasteiger partial charge in [0.1, 0.15) is 11.8 Å². The zero-order chi connectivity index (χ0) is 12.7. The maximum Gasteiger partial charge on any atom is 0.121 e. The minimum absolute atomic E-state index is 0.662. The van der Waals surface area contributed by atoms with Crippen LogP contribution in [0.5, 0.6) is 5.75 Å². The Kier molecular flexibility index (Phi) is 5.35. The molecule has 0 spiro atoms. The lowest BCUT2D eigenvalue weighted by atomic mass is 10.1. The number of ether oxygens (including phenoxy) is 1. The standard InChI is InChI=1S/C14H20N2O/c1-11(2)5-4-8-16-14-9-13(17-3)7-6-12(14)10-15/h6-7,9,11,16H,4-5,8H2,1-3H3. The maximum atomic E-state index is 9.00. The molecule has 0 unspecified atom stereocenters. The predicted molar refractivity (Wildman–Crippen MR) is 70.3 cm³/mol. The number of methoxy groups -OCH3 is 1. The summed E-state index contributed by atoms with van der Waals surface area (Å²) < 4.78 is 5.15. The quantitative estimate of drug-likeness (QED) is 0.764. The highest BCUT2D eigenvalue weighted by Gasteiger charge is 2.03. The first kappa shape index (κ1) is 13.4. The molecule has 0 fully saturated rings. The smallest absolute Gasteiger partial charge is 0.121 e. The van der Waals surface area contributed by atoms with E-state index in [1.807, 2.05) is 6.07 Å². The Morgan fingerprint density at radius 1 is 1.41 bits per heavy atom. The summed E-state index contributed by atoms with van der Waals surface area (Å²) in [5.41, 5.74) is 1.52. The summed E-state index contributed by atoms with van der Waals surface area (Å²) in [5.74, 6) is 1.49. The average molecular weight is 232 g/mol. The Hall–Kier alpha value is -1.69. The summed E-state index contributed by atoms with van der Waals surface area (Å²) >= 11 is 0. The summed E-state index contributed by atoms with van der Waals surface area (Å²) in [6, 6.07) is 7.63. The molecule has 0 aliphatic carbocycles. The molecular weight excluding hydrogens is 212 g/mol. The molecule has 0 aliphatic rings. The minimum atomic E-state index is 0.662. The summed E-state index contributed by atoms with van der Waals surface area (Å²) in [6.07, 6.45) is 2.30. The highest BCUT2D eigenvalue weighted by atomic mass is 16.5. The summed E-state index contributed by atoms with van der Waals surface area (Å²) in [4.78, 5) is 0. The van der Waals surface area contributed by atoms with Crippen LogP contribution in [0.3, 0.4) is 0 Å². The zero-order valence-corrected chi connectivity index (χ0v) is 10.8. The van der Waals surface area contributed by atoms with E-state index in [9.17, 15) is 0 Å².